The maximum absolute atomic E-state index is 11.5. The van der Waals surface area contributed by atoms with Crippen LogP contribution in [-0.2, 0) is 9.84 Å². The van der Waals surface area contributed by atoms with Gasteiger partial charge in [0.25, 0.3) is 0 Å². The average molecular weight is 324 g/mol. The van der Waals surface area contributed by atoms with Crippen LogP contribution in [0.25, 0.3) is 0 Å². The van der Waals surface area contributed by atoms with E-state index in [4.69, 9.17) is 0 Å². The number of anilines is 1. The second kappa shape index (κ2) is 6.59. The highest BCUT2D eigenvalue weighted by molar-refractivity contribution is 7.90. The summed E-state index contributed by atoms with van der Waals surface area (Å²) in [4.78, 5) is 2.90. The Morgan fingerprint density at radius 1 is 1.18 bits per heavy atom. The number of piperidine rings is 1. The lowest BCUT2D eigenvalue weighted by molar-refractivity contribution is 0.166. The Balaban J connectivity index is 1.96. The zero-order valence-corrected chi connectivity index (χ0v) is 14.9. The molecule has 0 radical (unpaired) electrons. The molecule has 1 N–H and O–H groups in total. The number of rotatable bonds is 5. The highest BCUT2D eigenvalue weighted by atomic mass is 32.2. The molecular formula is C17H28N2O2S. The normalized spacial score (nSPS) is 19.3. The summed E-state index contributed by atoms with van der Waals surface area (Å²) >= 11 is 0. The zero-order valence-electron chi connectivity index (χ0n) is 14.1. The number of benzene rings is 1. The lowest BCUT2D eigenvalue weighted by Crippen LogP contribution is -2.48. The molecule has 0 aliphatic carbocycles. The molecule has 1 heterocycles. The molecule has 0 atom stereocenters. The number of hydrogen-bond donors (Lipinski definition) is 1. The quantitative estimate of drug-likeness (QED) is 0.904. The van der Waals surface area contributed by atoms with E-state index in [0.717, 1.165) is 31.6 Å². The fourth-order valence-electron chi connectivity index (χ4n) is 3.00. The molecule has 0 bridgehead atoms. The van der Waals surface area contributed by atoms with Gasteiger partial charge in [-0.25, -0.2) is 8.42 Å². The number of nitrogens with zero attached hydrogens (tertiary/aromatic N) is 1. The molecule has 5 heteroatoms. The summed E-state index contributed by atoms with van der Waals surface area (Å²) in [7, 11) is -3.12. The number of nitrogens with one attached hydrogen (secondary N) is 1. The van der Waals surface area contributed by atoms with E-state index in [-0.39, 0.29) is 5.54 Å². The summed E-state index contributed by atoms with van der Waals surface area (Å²) < 4.78 is 23.0. The van der Waals surface area contributed by atoms with E-state index in [2.05, 4.69) is 31.0 Å². The molecule has 0 aromatic heterocycles. The van der Waals surface area contributed by atoms with Crippen LogP contribution in [0.15, 0.2) is 29.2 Å². The lowest BCUT2D eigenvalue weighted by Gasteiger charge is -2.41. The van der Waals surface area contributed by atoms with E-state index < -0.39 is 9.84 Å². The molecule has 1 aromatic carbocycles. The number of hydrogen-bond acceptors (Lipinski definition) is 4. The SMILES string of the molecule is CC(C)CN1CCC(C)(Nc2ccc(S(C)(=O)=O)cc2)CC1. The topological polar surface area (TPSA) is 49.4 Å². The van der Waals surface area contributed by atoms with Crippen LogP contribution < -0.4 is 5.32 Å². The standard InChI is InChI=1S/C17H28N2O2S/c1-14(2)13-19-11-9-17(3,10-12-19)18-15-5-7-16(8-6-15)22(4,20)21/h5-8,14,18H,9-13H2,1-4H3. The minimum Gasteiger partial charge on any atom is -0.380 e. The van der Waals surface area contributed by atoms with Crippen molar-refractivity contribution in [2.24, 2.45) is 5.92 Å². The first-order chi connectivity index (χ1) is 10.2. The minimum absolute atomic E-state index is 0.0834. The Morgan fingerprint density at radius 3 is 2.18 bits per heavy atom. The van der Waals surface area contributed by atoms with Gasteiger partial charge in [0.15, 0.2) is 9.84 Å². The van der Waals surface area contributed by atoms with Gasteiger partial charge >= 0.3 is 0 Å². The highest BCUT2D eigenvalue weighted by Crippen LogP contribution is 2.27. The van der Waals surface area contributed by atoms with Crippen LogP contribution in [0.3, 0.4) is 0 Å². The van der Waals surface area contributed by atoms with E-state index in [1.807, 2.05) is 12.1 Å². The molecule has 1 aromatic rings. The summed E-state index contributed by atoms with van der Waals surface area (Å²) in [6.45, 7) is 10.2. The van der Waals surface area contributed by atoms with Crippen molar-refractivity contribution in [1.29, 1.82) is 0 Å². The molecule has 4 nitrogen and oxygen atoms in total. The molecule has 22 heavy (non-hydrogen) atoms. The summed E-state index contributed by atoms with van der Waals surface area (Å²) in [5.41, 5.74) is 1.08. The largest absolute Gasteiger partial charge is 0.380 e. The van der Waals surface area contributed by atoms with E-state index in [1.54, 1.807) is 12.1 Å². The summed E-state index contributed by atoms with van der Waals surface area (Å²) in [5, 5.41) is 3.59. The van der Waals surface area contributed by atoms with Crippen molar-refractivity contribution in [2.45, 2.75) is 44.0 Å². The van der Waals surface area contributed by atoms with Crippen LogP contribution >= 0.6 is 0 Å². The predicted octanol–water partition coefficient (Wildman–Crippen LogP) is 3.01. The van der Waals surface area contributed by atoms with Crippen molar-refractivity contribution in [3.8, 4) is 0 Å². The third-order valence-corrected chi connectivity index (χ3v) is 5.44. The van der Waals surface area contributed by atoms with Crippen LogP contribution in [0.5, 0.6) is 0 Å². The summed E-state index contributed by atoms with van der Waals surface area (Å²) in [5.74, 6) is 0.709. The van der Waals surface area contributed by atoms with Gasteiger partial charge in [-0.3, -0.25) is 0 Å². The van der Waals surface area contributed by atoms with Gasteiger partial charge < -0.3 is 10.2 Å². The third-order valence-electron chi connectivity index (χ3n) is 4.31. The molecule has 2 rings (SSSR count). The first-order valence-electron chi connectivity index (χ1n) is 7.99. The van der Waals surface area contributed by atoms with Crippen LogP contribution in [0.2, 0.25) is 0 Å². The number of sulfone groups is 1. The van der Waals surface area contributed by atoms with Gasteiger partial charge in [0, 0.05) is 37.1 Å². The maximum Gasteiger partial charge on any atom is 0.175 e. The second-order valence-electron chi connectivity index (χ2n) is 7.18. The van der Waals surface area contributed by atoms with Crippen LogP contribution in [0.1, 0.15) is 33.6 Å². The van der Waals surface area contributed by atoms with E-state index in [1.165, 1.54) is 12.8 Å². The first kappa shape index (κ1) is 17.3. The van der Waals surface area contributed by atoms with Crippen LogP contribution in [-0.4, -0.2) is 44.7 Å². The van der Waals surface area contributed by atoms with Crippen molar-refractivity contribution < 1.29 is 8.42 Å². The lowest BCUT2D eigenvalue weighted by atomic mass is 9.89. The molecular weight excluding hydrogens is 296 g/mol. The minimum atomic E-state index is -3.12. The molecule has 0 saturated carbocycles. The Kier molecular flexibility index (Phi) is 5.17. The fourth-order valence-corrected chi connectivity index (χ4v) is 3.63. The zero-order chi connectivity index (χ0) is 16.4. The van der Waals surface area contributed by atoms with E-state index >= 15 is 0 Å². The molecule has 1 fully saturated rings. The summed E-state index contributed by atoms with van der Waals surface area (Å²) in [6.07, 6.45) is 3.45. The molecule has 0 amide bonds. The van der Waals surface area contributed by atoms with Crippen molar-refractivity contribution in [3.63, 3.8) is 0 Å². The Bertz CT molecular complexity index is 586. The van der Waals surface area contributed by atoms with Gasteiger partial charge in [0.1, 0.15) is 0 Å². The Labute approximate surface area is 134 Å². The average Bonchev–Trinajstić information content (AvgIpc) is 2.41. The smallest absolute Gasteiger partial charge is 0.175 e. The van der Waals surface area contributed by atoms with E-state index in [0.29, 0.717) is 10.8 Å². The van der Waals surface area contributed by atoms with Crippen LogP contribution in [0, 0.1) is 5.92 Å². The van der Waals surface area contributed by atoms with Crippen molar-refractivity contribution in [2.75, 3.05) is 31.2 Å². The monoisotopic (exact) mass is 324 g/mol. The van der Waals surface area contributed by atoms with Gasteiger partial charge in [-0.15, -0.1) is 0 Å². The maximum atomic E-state index is 11.5. The molecule has 0 spiro atoms. The fraction of sp³-hybridized carbons (Fsp3) is 0.647. The third kappa shape index (κ3) is 4.71. The van der Waals surface area contributed by atoms with Crippen molar-refractivity contribution >= 4 is 15.5 Å². The second-order valence-corrected chi connectivity index (χ2v) is 9.19. The first-order valence-corrected chi connectivity index (χ1v) is 9.88. The highest BCUT2D eigenvalue weighted by Gasteiger charge is 2.29. The molecule has 124 valence electrons. The van der Waals surface area contributed by atoms with Crippen molar-refractivity contribution in [1.82, 2.24) is 4.90 Å². The predicted molar refractivity (Wildman–Crippen MR) is 92.1 cm³/mol. The van der Waals surface area contributed by atoms with Gasteiger partial charge in [-0.2, -0.15) is 0 Å². The van der Waals surface area contributed by atoms with Gasteiger partial charge in [-0.05, 0) is 49.9 Å². The number of likely N-dealkylation sites (tertiary alicyclic amines) is 1. The summed E-state index contributed by atoms with van der Waals surface area (Å²) in [6, 6.07) is 7.08. The van der Waals surface area contributed by atoms with E-state index in [9.17, 15) is 8.42 Å². The van der Waals surface area contributed by atoms with Gasteiger partial charge in [0.05, 0.1) is 4.90 Å². The molecule has 1 aliphatic rings. The van der Waals surface area contributed by atoms with Gasteiger partial charge in [-0.1, -0.05) is 13.8 Å². The van der Waals surface area contributed by atoms with Gasteiger partial charge in [0.2, 0.25) is 0 Å². The molecule has 1 saturated heterocycles. The Hall–Kier alpha value is -1.07. The molecule has 1 aliphatic heterocycles. The molecule has 0 unspecified atom stereocenters. The van der Waals surface area contributed by atoms with Crippen LogP contribution in [0.4, 0.5) is 5.69 Å². The van der Waals surface area contributed by atoms with Crippen molar-refractivity contribution in [3.05, 3.63) is 24.3 Å². The Morgan fingerprint density at radius 2 is 1.73 bits per heavy atom.